The van der Waals surface area contributed by atoms with Crippen LogP contribution in [0.15, 0.2) is 30.3 Å². The molecule has 0 spiro atoms. The number of aromatic nitrogens is 2. The highest BCUT2D eigenvalue weighted by Crippen LogP contribution is 2.43. The fourth-order valence-electron chi connectivity index (χ4n) is 3.62. The molecule has 0 saturated carbocycles. The van der Waals surface area contributed by atoms with Gasteiger partial charge in [0.2, 0.25) is 5.75 Å². The molecule has 146 valence electrons. The standard InChI is InChI=1S/C21H22ClN3O3/c1-12-15(22)6-5-7-16(12)25-21-14(8-9-23-21)19(24-25)13-10-17(26-2)20(28-4)18(11-13)27-3/h5-7,10-11,23H,8-9H2,1-4H3. The van der Waals surface area contributed by atoms with Crippen LogP contribution in [0.25, 0.3) is 16.9 Å². The molecule has 0 radical (unpaired) electrons. The number of nitrogens with zero attached hydrogens (tertiary/aromatic N) is 2. The third-order valence-corrected chi connectivity index (χ3v) is 5.47. The second kappa shape index (κ2) is 7.28. The fraction of sp³-hybridized carbons (Fsp3) is 0.286. The predicted molar refractivity (Wildman–Crippen MR) is 111 cm³/mol. The molecule has 0 amide bonds. The molecule has 2 heterocycles. The maximum absolute atomic E-state index is 6.34. The smallest absolute Gasteiger partial charge is 0.203 e. The van der Waals surface area contributed by atoms with Crippen LogP contribution in [0.5, 0.6) is 17.2 Å². The third-order valence-electron chi connectivity index (χ3n) is 5.06. The Bertz CT molecular complexity index is 1020. The SMILES string of the molecule is COc1cc(-c2nn(-c3cccc(Cl)c3C)c3c2CCN3)cc(OC)c1OC. The normalized spacial score (nSPS) is 12.5. The van der Waals surface area contributed by atoms with Crippen LogP contribution in [-0.2, 0) is 6.42 Å². The Hall–Kier alpha value is -2.86. The van der Waals surface area contributed by atoms with Crippen molar-refractivity contribution in [3.8, 4) is 34.2 Å². The Balaban J connectivity index is 1.92. The first-order valence-electron chi connectivity index (χ1n) is 9.00. The Morgan fingerprint density at radius 3 is 2.43 bits per heavy atom. The predicted octanol–water partition coefficient (Wildman–Crippen LogP) is 4.49. The van der Waals surface area contributed by atoms with Gasteiger partial charge in [-0.15, -0.1) is 0 Å². The number of halogens is 1. The van der Waals surface area contributed by atoms with Gasteiger partial charge in [-0.3, -0.25) is 0 Å². The topological polar surface area (TPSA) is 57.5 Å². The average Bonchev–Trinajstić information content (AvgIpc) is 3.32. The maximum Gasteiger partial charge on any atom is 0.203 e. The highest BCUT2D eigenvalue weighted by atomic mass is 35.5. The van der Waals surface area contributed by atoms with Crippen molar-refractivity contribution in [1.82, 2.24) is 9.78 Å². The molecule has 0 aliphatic carbocycles. The number of anilines is 1. The maximum atomic E-state index is 6.34. The van der Waals surface area contributed by atoms with Gasteiger partial charge in [0.05, 0.1) is 32.7 Å². The molecule has 4 rings (SSSR count). The van der Waals surface area contributed by atoms with Gasteiger partial charge in [-0.05, 0) is 43.2 Å². The van der Waals surface area contributed by atoms with E-state index in [4.69, 9.17) is 30.9 Å². The van der Waals surface area contributed by atoms with Crippen LogP contribution < -0.4 is 19.5 Å². The molecular formula is C21H22ClN3O3. The molecule has 7 heteroatoms. The zero-order valence-corrected chi connectivity index (χ0v) is 17.1. The number of nitrogens with one attached hydrogen (secondary N) is 1. The second-order valence-corrected chi connectivity index (χ2v) is 6.97. The van der Waals surface area contributed by atoms with Crippen molar-refractivity contribution in [2.75, 3.05) is 33.2 Å². The lowest BCUT2D eigenvalue weighted by molar-refractivity contribution is 0.324. The van der Waals surface area contributed by atoms with Crippen LogP contribution in [0.2, 0.25) is 5.02 Å². The molecule has 0 atom stereocenters. The lowest BCUT2D eigenvalue weighted by Gasteiger charge is -2.14. The Labute approximate surface area is 169 Å². The highest BCUT2D eigenvalue weighted by molar-refractivity contribution is 6.31. The Morgan fingerprint density at radius 2 is 1.79 bits per heavy atom. The van der Waals surface area contributed by atoms with Crippen molar-refractivity contribution < 1.29 is 14.2 Å². The van der Waals surface area contributed by atoms with Crippen molar-refractivity contribution in [2.24, 2.45) is 0 Å². The molecule has 28 heavy (non-hydrogen) atoms. The number of hydrogen-bond donors (Lipinski definition) is 1. The summed E-state index contributed by atoms with van der Waals surface area (Å²) < 4.78 is 18.4. The highest BCUT2D eigenvalue weighted by Gasteiger charge is 2.26. The molecule has 1 N–H and O–H groups in total. The molecule has 3 aromatic rings. The van der Waals surface area contributed by atoms with Gasteiger partial charge < -0.3 is 19.5 Å². The molecule has 0 fully saturated rings. The lowest BCUT2D eigenvalue weighted by atomic mass is 10.1. The van der Waals surface area contributed by atoms with Crippen molar-refractivity contribution in [3.63, 3.8) is 0 Å². The van der Waals surface area contributed by atoms with Gasteiger partial charge in [-0.25, -0.2) is 4.68 Å². The summed E-state index contributed by atoms with van der Waals surface area (Å²) in [5.74, 6) is 2.76. The summed E-state index contributed by atoms with van der Waals surface area (Å²) in [4.78, 5) is 0. The van der Waals surface area contributed by atoms with E-state index >= 15 is 0 Å². The molecular weight excluding hydrogens is 378 g/mol. The minimum Gasteiger partial charge on any atom is -0.493 e. The zero-order chi connectivity index (χ0) is 19.8. The van der Waals surface area contributed by atoms with Crippen LogP contribution in [-0.4, -0.2) is 37.7 Å². The van der Waals surface area contributed by atoms with E-state index in [0.29, 0.717) is 22.3 Å². The Morgan fingerprint density at radius 1 is 1.07 bits per heavy atom. The first-order chi connectivity index (χ1) is 13.6. The summed E-state index contributed by atoms with van der Waals surface area (Å²) in [6.07, 6.45) is 0.890. The molecule has 0 saturated heterocycles. The lowest BCUT2D eigenvalue weighted by Crippen LogP contribution is -2.06. The summed E-state index contributed by atoms with van der Waals surface area (Å²) in [5, 5.41) is 9.09. The van der Waals surface area contributed by atoms with Crippen molar-refractivity contribution >= 4 is 17.4 Å². The van der Waals surface area contributed by atoms with E-state index in [-0.39, 0.29) is 0 Å². The first-order valence-corrected chi connectivity index (χ1v) is 9.38. The summed E-state index contributed by atoms with van der Waals surface area (Å²) in [7, 11) is 4.82. The summed E-state index contributed by atoms with van der Waals surface area (Å²) in [6.45, 7) is 2.87. The van der Waals surface area contributed by atoms with Crippen LogP contribution in [0.1, 0.15) is 11.1 Å². The number of fused-ring (bicyclic) bond motifs is 1. The van der Waals surface area contributed by atoms with E-state index in [1.165, 1.54) is 0 Å². The largest absolute Gasteiger partial charge is 0.493 e. The quantitative estimate of drug-likeness (QED) is 0.684. The summed E-state index contributed by atoms with van der Waals surface area (Å²) in [6, 6.07) is 9.70. The van der Waals surface area contributed by atoms with Crippen molar-refractivity contribution in [3.05, 3.63) is 46.5 Å². The number of rotatable bonds is 5. The van der Waals surface area contributed by atoms with E-state index in [1.807, 2.05) is 41.9 Å². The zero-order valence-electron chi connectivity index (χ0n) is 16.3. The molecule has 1 aliphatic heterocycles. The number of methoxy groups -OCH3 is 3. The average molecular weight is 400 g/mol. The van der Waals surface area contributed by atoms with Crippen LogP contribution in [0, 0.1) is 6.92 Å². The van der Waals surface area contributed by atoms with Gasteiger partial charge in [-0.1, -0.05) is 17.7 Å². The Kier molecular flexibility index (Phi) is 4.81. The van der Waals surface area contributed by atoms with Crippen molar-refractivity contribution in [1.29, 1.82) is 0 Å². The van der Waals surface area contributed by atoms with Gasteiger partial charge >= 0.3 is 0 Å². The third kappa shape index (κ3) is 2.85. The minimum absolute atomic E-state index is 0.564. The van der Waals surface area contributed by atoms with E-state index in [1.54, 1.807) is 21.3 Å². The van der Waals surface area contributed by atoms with E-state index in [0.717, 1.165) is 46.9 Å². The molecule has 2 aromatic carbocycles. The number of ether oxygens (including phenoxy) is 3. The molecule has 1 aromatic heterocycles. The molecule has 6 nitrogen and oxygen atoms in total. The van der Waals surface area contributed by atoms with Crippen LogP contribution >= 0.6 is 11.6 Å². The van der Waals surface area contributed by atoms with E-state index < -0.39 is 0 Å². The second-order valence-electron chi connectivity index (χ2n) is 6.56. The summed E-state index contributed by atoms with van der Waals surface area (Å²) in [5.41, 5.74) is 4.90. The van der Waals surface area contributed by atoms with Gasteiger partial charge in [0, 0.05) is 22.7 Å². The number of hydrogen-bond acceptors (Lipinski definition) is 5. The van der Waals surface area contributed by atoms with Crippen molar-refractivity contribution in [2.45, 2.75) is 13.3 Å². The fourth-order valence-corrected chi connectivity index (χ4v) is 3.79. The van der Waals surface area contributed by atoms with E-state index in [9.17, 15) is 0 Å². The van der Waals surface area contributed by atoms with Crippen LogP contribution in [0.3, 0.4) is 0 Å². The number of benzene rings is 2. The van der Waals surface area contributed by atoms with Gasteiger partial charge in [-0.2, -0.15) is 5.10 Å². The minimum atomic E-state index is 0.564. The van der Waals surface area contributed by atoms with Gasteiger partial charge in [0.25, 0.3) is 0 Å². The first kappa shape index (κ1) is 18.5. The monoisotopic (exact) mass is 399 g/mol. The molecule has 0 unspecified atom stereocenters. The molecule has 1 aliphatic rings. The molecule has 0 bridgehead atoms. The summed E-state index contributed by atoms with van der Waals surface area (Å²) >= 11 is 6.34. The van der Waals surface area contributed by atoms with Gasteiger partial charge in [0.15, 0.2) is 11.5 Å². The van der Waals surface area contributed by atoms with Crippen LogP contribution in [0.4, 0.5) is 5.82 Å². The van der Waals surface area contributed by atoms with E-state index in [2.05, 4.69) is 5.32 Å². The van der Waals surface area contributed by atoms with Gasteiger partial charge in [0.1, 0.15) is 5.82 Å².